The Bertz CT molecular complexity index is 2030. The molecule has 1 N–H and O–H groups in total. The van der Waals surface area contributed by atoms with Crippen molar-refractivity contribution in [3.63, 3.8) is 0 Å². The van der Waals surface area contributed by atoms with Gasteiger partial charge in [0.1, 0.15) is 23.0 Å². The van der Waals surface area contributed by atoms with Gasteiger partial charge in [-0.1, -0.05) is 0 Å². The topological polar surface area (TPSA) is 118 Å². The Morgan fingerprint density at radius 1 is 1.00 bits per heavy atom. The van der Waals surface area contributed by atoms with Gasteiger partial charge in [-0.15, -0.1) is 0 Å². The van der Waals surface area contributed by atoms with E-state index in [1.165, 1.54) is 35.1 Å². The first-order valence-corrected chi connectivity index (χ1v) is 17.4. The monoisotopic (exact) mass is 660 g/mol. The molecule has 3 aliphatic heterocycles. The normalized spacial score (nSPS) is 23.4. The van der Waals surface area contributed by atoms with E-state index >= 15 is 0 Å². The minimum absolute atomic E-state index is 0.130. The first-order valence-electron chi connectivity index (χ1n) is 17.4. The maximum Gasteiger partial charge on any atom is 0.276 e. The standard InChI is InChI=1S/C37H40N8O4/c1-22-17-42(27-20-49-21-27)9-10-43(22)26-5-6-33(39-16-26)40-31-14-25(18-41(2)36(31)47)28-7-8-38-35(30(28)19-46)45-12-11-44-32(37(45)48)15-29-23-3-4-24(13-23)34(29)44/h5-8,14-16,18-19,22-24,27H,3-4,9-13,17,20-21H2,1-2H3,(H,39,40). The summed E-state index contributed by atoms with van der Waals surface area (Å²) in [6.07, 6.45) is 9.54. The van der Waals surface area contributed by atoms with Crippen molar-refractivity contribution in [2.75, 3.05) is 54.5 Å². The van der Waals surface area contributed by atoms with Crippen LogP contribution in [0.1, 0.15) is 70.1 Å². The summed E-state index contributed by atoms with van der Waals surface area (Å²) in [4.78, 5) is 55.6. The van der Waals surface area contributed by atoms with Gasteiger partial charge in [-0.05, 0) is 73.6 Å². The molecule has 4 aromatic heterocycles. The molecule has 12 heteroatoms. The quantitative estimate of drug-likeness (QED) is 0.292. The molecule has 0 aromatic carbocycles. The Hall–Kier alpha value is -4.81. The van der Waals surface area contributed by atoms with E-state index in [1.54, 1.807) is 36.5 Å². The Morgan fingerprint density at radius 2 is 1.86 bits per heavy atom. The van der Waals surface area contributed by atoms with Crippen LogP contribution in [-0.4, -0.2) is 87.7 Å². The summed E-state index contributed by atoms with van der Waals surface area (Å²) in [6.45, 7) is 7.88. The second-order valence-electron chi connectivity index (χ2n) is 14.2. The number of hydrogen-bond donors (Lipinski definition) is 1. The molecule has 12 nitrogen and oxygen atoms in total. The molecule has 1 amide bonds. The SMILES string of the molecule is CC1CN(C2COC2)CCN1c1ccc(Nc2cc(-c3ccnc(N4CCn5c(cc6c5C5CCC6C5)C4=O)c3C=O)cn(C)c2=O)nc1. The summed E-state index contributed by atoms with van der Waals surface area (Å²) in [7, 11) is 1.68. The zero-order valence-corrected chi connectivity index (χ0v) is 27.8. The number of nitrogens with one attached hydrogen (secondary N) is 1. The molecule has 0 spiro atoms. The highest BCUT2D eigenvalue weighted by Gasteiger charge is 2.43. The summed E-state index contributed by atoms with van der Waals surface area (Å²) < 4.78 is 9.09. The van der Waals surface area contributed by atoms with Crippen molar-refractivity contribution in [3.05, 3.63) is 81.8 Å². The Labute approximate surface area is 284 Å². The average Bonchev–Trinajstić information content (AvgIpc) is 3.81. The average molecular weight is 661 g/mol. The van der Waals surface area contributed by atoms with Crippen molar-refractivity contribution < 1.29 is 14.3 Å². The number of ether oxygens (including phenoxy) is 1. The minimum atomic E-state index is -0.227. The van der Waals surface area contributed by atoms with Gasteiger partial charge in [-0.3, -0.25) is 24.2 Å². The number of fused-ring (bicyclic) bond motifs is 7. The highest BCUT2D eigenvalue weighted by molar-refractivity contribution is 6.09. The molecular formula is C37H40N8O4. The predicted molar refractivity (Wildman–Crippen MR) is 186 cm³/mol. The van der Waals surface area contributed by atoms with Crippen LogP contribution in [0.15, 0.2) is 53.7 Å². The number of carbonyl (C=O) groups excluding carboxylic acids is 2. The minimum Gasteiger partial charge on any atom is -0.378 e. The van der Waals surface area contributed by atoms with E-state index in [4.69, 9.17) is 4.74 Å². The third kappa shape index (κ3) is 4.91. The summed E-state index contributed by atoms with van der Waals surface area (Å²) >= 11 is 0. The highest BCUT2D eigenvalue weighted by atomic mass is 16.5. The van der Waals surface area contributed by atoms with E-state index in [1.807, 2.05) is 18.3 Å². The summed E-state index contributed by atoms with van der Waals surface area (Å²) in [5, 5.41) is 3.21. The number of piperazine rings is 1. The van der Waals surface area contributed by atoms with Gasteiger partial charge in [-0.25, -0.2) is 9.97 Å². The van der Waals surface area contributed by atoms with Gasteiger partial charge in [0.25, 0.3) is 11.5 Å². The number of anilines is 4. The molecule has 2 saturated heterocycles. The summed E-state index contributed by atoms with van der Waals surface area (Å²) in [6, 6.07) is 10.4. The molecule has 1 saturated carbocycles. The van der Waals surface area contributed by atoms with Crippen LogP contribution in [0.4, 0.5) is 23.0 Å². The van der Waals surface area contributed by atoms with E-state index in [-0.39, 0.29) is 11.5 Å². The highest BCUT2D eigenvalue weighted by Crippen LogP contribution is 2.54. The van der Waals surface area contributed by atoms with Gasteiger partial charge in [0.2, 0.25) is 0 Å². The fraction of sp³-hybridized carbons (Fsp3) is 0.432. The lowest BCUT2D eigenvalue weighted by Crippen LogP contribution is -2.59. The molecule has 2 aliphatic carbocycles. The number of aldehydes is 1. The van der Waals surface area contributed by atoms with Crippen molar-refractivity contribution in [1.82, 2.24) is 24.0 Å². The van der Waals surface area contributed by atoms with E-state index in [0.717, 1.165) is 44.8 Å². The van der Waals surface area contributed by atoms with Crippen LogP contribution in [0, 0.1) is 0 Å². The first kappa shape index (κ1) is 30.3. The van der Waals surface area contributed by atoms with Crippen LogP contribution in [0.3, 0.4) is 0 Å². The van der Waals surface area contributed by atoms with Gasteiger partial charge >= 0.3 is 0 Å². The maximum absolute atomic E-state index is 13.9. The lowest BCUT2D eigenvalue weighted by Gasteiger charge is -2.46. The van der Waals surface area contributed by atoms with Crippen molar-refractivity contribution in [2.24, 2.45) is 7.05 Å². The third-order valence-electron chi connectivity index (χ3n) is 11.4. The number of aryl methyl sites for hydroxylation is 1. The largest absolute Gasteiger partial charge is 0.378 e. The van der Waals surface area contributed by atoms with Gasteiger partial charge in [0.05, 0.1) is 36.7 Å². The Balaban J connectivity index is 0.970. The summed E-state index contributed by atoms with van der Waals surface area (Å²) in [5.74, 6) is 1.87. The molecule has 0 radical (unpaired) electrons. The molecule has 252 valence electrons. The van der Waals surface area contributed by atoms with Crippen molar-refractivity contribution >= 4 is 35.2 Å². The van der Waals surface area contributed by atoms with Crippen LogP contribution >= 0.6 is 0 Å². The van der Waals surface area contributed by atoms with E-state index in [2.05, 4.69) is 42.6 Å². The van der Waals surface area contributed by atoms with Crippen molar-refractivity contribution in [3.8, 4) is 11.1 Å². The number of amides is 1. The Kier molecular flexibility index (Phi) is 7.20. The number of aromatic nitrogens is 4. The van der Waals surface area contributed by atoms with Crippen LogP contribution in [0.2, 0.25) is 0 Å². The third-order valence-corrected chi connectivity index (χ3v) is 11.4. The van der Waals surface area contributed by atoms with Gasteiger partial charge in [-0.2, -0.15) is 0 Å². The smallest absolute Gasteiger partial charge is 0.276 e. The van der Waals surface area contributed by atoms with Crippen LogP contribution in [-0.2, 0) is 18.3 Å². The molecule has 3 atom stereocenters. The molecule has 9 rings (SSSR count). The molecule has 3 unspecified atom stereocenters. The van der Waals surface area contributed by atoms with Gasteiger partial charge < -0.3 is 24.1 Å². The van der Waals surface area contributed by atoms with Crippen molar-refractivity contribution in [2.45, 2.75) is 56.7 Å². The fourth-order valence-electron chi connectivity index (χ4n) is 8.84. The number of nitrogens with zero attached hydrogens (tertiary/aromatic N) is 7. The fourth-order valence-corrected chi connectivity index (χ4v) is 8.84. The molecule has 7 heterocycles. The number of rotatable bonds is 7. The van der Waals surface area contributed by atoms with E-state index in [9.17, 15) is 14.4 Å². The Morgan fingerprint density at radius 3 is 2.61 bits per heavy atom. The molecule has 49 heavy (non-hydrogen) atoms. The van der Waals surface area contributed by atoms with E-state index in [0.29, 0.717) is 76.7 Å². The van der Waals surface area contributed by atoms with Gasteiger partial charge in [0, 0.05) is 75.4 Å². The van der Waals surface area contributed by atoms with Crippen LogP contribution < -0.4 is 20.7 Å². The van der Waals surface area contributed by atoms with Crippen LogP contribution in [0.5, 0.6) is 0 Å². The molecule has 3 fully saturated rings. The lowest BCUT2D eigenvalue weighted by atomic mass is 9.98. The second-order valence-corrected chi connectivity index (χ2v) is 14.2. The number of carbonyl (C=O) groups is 2. The second kappa shape index (κ2) is 11.7. The molecule has 4 aromatic rings. The van der Waals surface area contributed by atoms with E-state index < -0.39 is 0 Å². The predicted octanol–water partition coefficient (Wildman–Crippen LogP) is 4.13. The molecule has 2 bridgehead atoms. The van der Waals surface area contributed by atoms with Crippen molar-refractivity contribution in [1.29, 1.82) is 0 Å². The summed E-state index contributed by atoms with van der Waals surface area (Å²) in [5.41, 5.74) is 6.07. The number of hydrogen-bond acceptors (Lipinski definition) is 9. The number of pyridine rings is 3. The first-order chi connectivity index (χ1) is 23.9. The van der Waals surface area contributed by atoms with Crippen LogP contribution in [0.25, 0.3) is 11.1 Å². The molecule has 5 aliphatic rings. The zero-order chi connectivity index (χ0) is 33.4. The lowest BCUT2D eigenvalue weighted by molar-refractivity contribution is -0.0691. The van der Waals surface area contributed by atoms with Gasteiger partial charge in [0.15, 0.2) is 6.29 Å². The maximum atomic E-state index is 13.9. The zero-order valence-electron chi connectivity index (χ0n) is 27.8. The molecular weight excluding hydrogens is 620 g/mol.